The summed E-state index contributed by atoms with van der Waals surface area (Å²) in [5.41, 5.74) is 5.75. The summed E-state index contributed by atoms with van der Waals surface area (Å²) in [4.78, 5) is 38.6. The third-order valence-corrected chi connectivity index (χ3v) is 5.84. The summed E-state index contributed by atoms with van der Waals surface area (Å²) < 4.78 is 5.56. The maximum Gasteiger partial charge on any atom is 0.269 e. The zero-order valence-electron chi connectivity index (χ0n) is 16.4. The lowest BCUT2D eigenvalue weighted by Gasteiger charge is -2.14. The number of nitrogens with one attached hydrogen (secondary N) is 2. The molecule has 160 valence electrons. The number of halogens is 1. The first-order valence-electron chi connectivity index (χ1n) is 9.11. The molecule has 0 bridgehead atoms. The molecule has 31 heavy (non-hydrogen) atoms. The van der Waals surface area contributed by atoms with Crippen LogP contribution in [-0.4, -0.2) is 40.6 Å². The fraction of sp³-hybridized carbons (Fsp3) is 0.143. The molecule has 1 fully saturated rings. The minimum Gasteiger partial charge on any atom is -0.497 e. The van der Waals surface area contributed by atoms with Crippen LogP contribution in [0.3, 0.4) is 0 Å². The summed E-state index contributed by atoms with van der Waals surface area (Å²) in [6.07, 6.45) is 1.70. The number of thiocarbonyl (C=S) groups is 1. The summed E-state index contributed by atoms with van der Waals surface area (Å²) in [5, 5.41) is 0.412. The fourth-order valence-corrected chi connectivity index (χ4v) is 4.18. The molecule has 3 rings (SSSR count). The number of carbonyl (C=O) groups excluding carboxylic acids is 3. The summed E-state index contributed by atoms with van der Waals surface area (Å²) in [7, 11) is 1.57. The van der Waals surface area contributed by atoms with Crippen molar-refractivity contribution in [3.05, 3.63) is 69.6 Å². The predicted molar refractivity (Wildman–Crippen MR) is 125 cm³/mol. The molecule has 0 unspecified atom stereocenters. The standard InChI is InChI=1S/C21H18ClN3O4S2/c1-29-16-7-2-4-13(10-16)11-17-20(28)25(21(30)31-17)9-8-18(26)23-24-19(27)14-5-3-6-15(22)12-14/h2-7,10-12H,8-9H2,1H3,(H,23,26)(H,24,27)/b17-11+. The van der Waals surface area contributed by atoms with Gasteiger partial charge in [0.15, 0.2) is 0 Å². The molecule has 0 aromatic heterocycles. The smallest absolute Gasteiger partial charge is 0.269 e. The van der Waals surface area contributed by atoms with Crippen LogP contribution in [0.1, 0.15) is 22.3 Å². The Bertz CT molecular complexity index is 1070. The van der Waals surface area contributed by atoms with Crippen molar-refractivity contribution in [2.24, 2.45) is 0 Å². The quantitative estimate of drug-likeness (QED) is 0.378. The van der Waals surface area contributed by atoms with Crippen LogP contribution >= 0.6 is 35.6 Å². The first-order chi connectivity index (χ1) is 14.9. The Morgan fingerprint density at radius 1 is 1.19 bits per heavy atom. The SMILES string of the molecule is COc1cccc(/C=C2/SC(=S)N(CCC(=O)NNC(=O)c3cccc(Cl)c3)C2=O)c1. The van der Waals surface area contributed by atoms with Gasteiger partial charge >= 0.3 is 0 Å². The predicted octanol–water partition coefficient (Wildman–Crippen LogP) is 3.40. The van der Waals surface area contributed by atoms with Crippen molar-refractivity contribution in [3.63, 3.8) is 0 Å². The van der Waals surface area contributed by atoms with Gasteiger partial charge < -0.3 is 4.74 Å². The van der Waals surface area contributed by atoms with Gasteiger partial charge in [-0.25, -0.2) is 0 Å². The molecule has 2 N–H and O–H groups in total. The molecule has 0 radical (unpaired) electrons. The number of methoxy groups -OCH3 is 1. The molecular formula is C21H18ClN3O4S2. The summed E-state index contributed by atoms with van der Waals surface area (Å²) in [5.74, 6) is -0.543. The highest BCUT2D eigenvalue weighted by Crippen LogP contribution is 2.33. The third-order valence-electron chi connectivity index (χ3n) is 4.23. The van der Waals surface area contributed by atoms with Crippen LogP contribution in [0.4, 0.5) is 0 Å². The number of hydrogen-bond acceptors (Lipinski definition) is 6. The molecule has 1 aliphatic heterocycles. The summed E-state index contributed by atoms with van der Waals surface area (Å²) in [6.45, 7) is 0.0962. The fourth-order valence-electron chi connectivity index (χ4n) is 2.68. The molecule has 0 atom stereocenters. The molecule has 2 aromatic rings. The van der Waals surface area contributed by atoms with E-state index in [2.05, 4.69) is 10.9 Å². The lowest BCUT2D eigenvalue weighted by atomic mass is 10.2. The van der Waals surface area contributed by atoms with Crippen molar-refractivity contribution in [3.8, 4) is 5.75 Å². The van der Waals surface area contributed by atoms with E-state index in [1.54, 1.807) is 31.4 Å². The van der Waals surface area contributed by atoms with Gasteiger partial charge in [0.1, 0.15) is 10.1 Å². The highest BCUT2D eigenvalue weighted by atomic mass is 35.5. The minimum atomic E-state index is -0.498. The number of hydrazine groups is 1. The van der Waals surface area contributed by atoms with E-state index in [1.807, 2.05) is 24.3 Å². The van der Waals surface area contributed by atoms with E-state index in [0.29, 0.717) is 25.6 Å². The van der Waals surface area contributed by atoms with Gasteiger partial charge in [-0.1, -0.05) is 53.8 Å². The zero-order chi connectivity index (χ0) is 22.4. The molecule has 10 heteroatoms. The number of benzene rings is 2. The second-order valence-corrected chi connectivity index (χ2v) is 8.48. The van der Waals surface area contributed by atoms with Gasteiger partial charge in [0.05, 0.1) is 12.0 Å². The van der Waals surface area contributed by atoms with Crippen LogP contribution in [-0.2, 0) is 9.59 Å². The lowest BCUT2D eigenvalue weighted by Crippen LogP contribution is -2.43. The van der Waals surface area contributed by atoms with Crippen LogP contribution in [0.5, 0.6) is 5.75 Å². The Kier molecular flexibility index (Phi) is 7.67. The number of ether oxygens (including phenoxy) is 1. The number of hydrogen-bond donors (Lipinski definition) is 2. The summed E-state index contributed by atoms with van der Waals surface area (Å²) in [6, 6.07) is 13.6. The Labute approximate surface area is 193 Å². The number of amides is 3. The van der Waals surface area contributed by atoms with E-state index >= 15 is 0 Å². The number of rotatable bonds is 6. The number of thioether (sulfide) groups is 1. The maximum absolute atomic E-state index is 12.7. The molecule has 1 heterocycles. The Morgan fingerprint density at radius 3 is 2.71 bits per heavy atom. The van der Waals surface area contributed by atoms with Gasteiger partial charge in [-0.2, -0.15) is 0 Å². The zero-order valence-corrected chi connectivity index (χ0v) is 18.8. The molecule has 1 saturated heterocycles. The molecule has 7 nitrogen and oxygen atoms in total. The van der Waals surface area contributed by atoms with Crippen molar-refractivity contribution in [1.29, 1.82) is 0 Å². The van der Waals surface area contributed by atoms with E-state index in [4.69, 9.17) is 28.6 Å². The van der Waals surface area contributed by atoms with Crippen molar-refractivity contribution in [2.75, 3.05) is 13.7 Å². The highest BCUT2D eigenvalue weighted by Gasteiger charge is 2.32. The van der Waals surface area contributed by atoms with Gasteiger partial charge in [0.2, 0.25) is 5.91 Å². The van der Waals surface area contributed by atoms with E-state index in [0.717, 1.165) is 5.56 Å². The van der Waals surface area contributed by atoms with Crippen molar-refractivity contribution in [2.45, 2.75) is 6.42 Å². The van der Waals surface area contributed by atoms with Crippen LogP contribution in [0.15, 0.2) is 53.4 Å². The topological polar surface area (TPSA) is 87.7 Å². The first-order valence-corrected chi connectivity index (χ1v) is 10.7. The molecule has 0 spiro atoms. The number of carbonyl (C=O) groups is 3. The van der Waals surface area contributed by atoms with Gasteiger partial charge in [-0.15, -0.1) is 0 Å². The largest absolute Gasteiger partial charge is 0.497 e. The van der Waals surface area contributed by atoms with E-state index in [1.165, 1.54) is 22.7 Å². The second kappa shape index (κ2) is 10.4. The van der Waals surface area contributed by atoms with Gasteiger partial charge in [0.25, 0.3) is 11.8 Å². The van der Waals surface area contributed by atoms with E-state index in [-0.39, 0.29) is 18.9 Å². The van der Waals surface area contributed by atoms with Crippen molar-refractivity contribution < 1.29 is 19.1 Å². The van der Waals surface area contributed by atoms with Crippen LogP contribution in [0, 0.1) is 0 Å². The highest BCUT2D eigenvalue weighted by molar-refractivity contribution is 8.26. The van der Waals surface area contributed by atoms with Crippen LogP contribution < -0.4 is 15.6 Å². The molecule has 0 aliphatic carbocycles. The average molecular weight is 476 g/mol. The second-order valence-electron chi connectivity index (χ2n) is 6.37. The lowest BCUT2D eigenvalue weighted by molar-refractivity contribution is -0.124. The van der Waals surface area contributed by atoms with E-state index in [9.17, 15) is 14.4 Å². The molecule has 2 aromatic carbocycles. The maximum atomic E-state index is 12.7. The van der Waals surface area contributed by atoms with Gasteiger partial charge in [-0.3, -0.25) is 30.1 Å². The molecule has 0 saturated carbocycles. The minimum absolute atomic E-state index is 0.0330. The first kappa shape index (κ1) is 22.8. The molecule has 1 aliphatic rings. The van der Waals surface area contributed by atoms with Gasteiger partial charge in [0, 0.05) is 23.6 Å². The Hall–Kier alpha value is -2.88. The Balaban J connectivity index is 1.53. The number of nitrogens with zero attached hydrogens (tertiary/aromatic N) is 1. The normalized spacial score (nSPS) is 14.6. The monoisotopic (exact) mass is 475 g/mol. The van der Waals surface area contributed by atoms with Gasteiger partial charge in [-0.05, 0) is 42.0 Å². The molecular weight excluding hydrogens is 458 g/mol. The van der Waals surface area contributed by atoms with E-state index < -0.39 is 11.8 Å². The van der Waals surface area contributed by atoms with Crippen LogP contribution in [0.25, 0.3) is 6.08 Å². The molecule has 3 amide bonds. The third kappa shape index (κ3) is 6.06. The average Bonchev–Trinajstić information content (AvgIpc) is 3.03. The van der Waals surface area contributed by atoms with Crippen molar-refractivity contribution in [1.82, 2.24) is 15.8 Å². The van der Waals surface area contributed by atoms with Crippen LogP contribution in [0.2, 0.25) is 5.02 Å². The Morgan fingerprint density at radius 2 is 1.97 bits per heavy atom. The summed E-state index contributed by atoms with van der Waals surface area (Å²) >= 11 is 12.3. The van der Waals surface area contributed by atoms with Crippen molar-refractivity contribution >= 4 is 63.7 Å².